The van der Waals surface area contributed by atoms with Gasteiger partial charge in [0.2, 0.25) is 0 Å². The van der Waals surface area contributed by atoms with Crippen LogP contribution in [0.2, 0.25) is 0 Å². The second kappa shape index (κ2) is 17.5. The first-order chi connectivity index (χ1) is 7.50. The van der Waals surface area contributed by atoms with Crippen molar-refractivity contribution in [3.8, 4) is 0 Å². The zero-order valence-electron chi connectivity index (χ0n) is 11.7. The van der Waals surface area contributed by atoms with Gasteiger partial charge in [-0.25, -0.2) is 0 Å². The molecule has 0 heterocycles. The lowest BCUT2D eigenvalue weighted by molar-refractivity contribution is -0.140. The van der Waals surface area contributed by atoms with E-state index in [1.165, 1.54) is 59.3 Å². The Morgan fingerprint density at radius 3 is 1.18 bits per heavy atom. The third-order valence-electron chi connectivity index (χ3n) is 1.85. The van der Waals surface area contributed by atoms with Crippen molar-refractivity contribution in [1.29, 1.82) is 0 Å². The molecule has 0 spiro atoms. The normalized spacial score (nSPS) is 12.7. The zero-order valence-corrected chi connectivity index (χ0v) is 11.7. The van der Waals surface area contributed by atoms with Crippen molar-refractivity contribution in [3.63, 3.8) is 0 Å². The van der Waals surface area contributed by atoms with Crippen molar-refractivity contribution in [1.82, 2.24) is 0 Å². The molecule has 0 saturated heterocycles. The van der Waals surface area contributed by atoms with E-state index in [9.17, 15) is 9.59 Å². The van der Waals surface area contributed by atoms with E-state index in [2.05, 4.69) is 4.74 Å². The maximum Gasteiger partial charge on any atom is 0.302 e. The van der Waals surface area contributed by atoms with Gasteiger partial charge >= 0.3 is 5.97 Å². The van der Waals surface area contributed by atoms with Crippen molar-refractivity contribution in [2.45, 2.75) is 66.2 Å². The summed E-state index contributed by atoms with van der Waals surface area (Å²) in [4.78, 5) is 19.3. The van der Waals surface area contributed by atoms with E-state index in [-0.39, 0.29) is 17.2 Å². The van der Waals surface area contributed by atoms with Gasteiger partial charge in [-0.2, -0.15) is 0 Å². The number of carbonyl (C=O) groups is 2. The molecule has 1 fully saturated rings. The number of hydrogen-bond acceptors (Lipinski definition) is 3. The number of rotatable bonds is 1. The van der Waals surface area contributed by atoms with Crippen LogP contribution in [-0.4, -0.2) is 23.8 Å². The summed E-state index contributed by atoms with van der Waals surface area (Å²) in [5, 5.41) is 0. The smallest absolute Gasteiger partial charge is 0.302 e. The summed E-state index contributed by atoms with van der Waals surface area (Å²) in [6.07, 6.45) is 9.00. The Morgan fingerprint density at radius 2 is 1.12 bits per heavy atom. The molecule has 17 heavy (non-hydrogen) atoms. The molecule has 0 aromatic heterocycles. The molecule has 4 heteroatoms. The van der Waals surface area contributed by atoms with Gasteiger partial charge in [0.25, 0.3) is 0 Å². The van der Waals surface area contributed by atoms with Crippen molar-refractivity contribution in [2.24, 2.45) is 0 Å². The second-order valence-corrected chi connectivity index (χ2v) is 3.95. The van der Waals surface area contributed by atoms with Gasteiger partial charge in [0.15, 0.2) is 0 Å². The van der Waals surface area contributed by atoms with Crippen molar-refractivity contribution in [2.75, 3.05) is 6.61 Å². The number of hydrogen-bond donors (Lipinski definition) is 0. The molecule has 4 nitrogen and oxygen atoms in total. The highest BCUT2D eigenvalue weighted by atomic mass is 16.5. The van der Waals surface area contributed by atoms with Gasteiger partial charge in [0, 0.05) is 6.92 Å². The first kappa shape index (κ1) is 21.4. The first-order valence-electron chi connectivity index (χ1n) is 6.11. The molecule has 1 saturated carbocycles. The molecule has 1 rings (SSSR count). The molecular weight excluding hydrogens is 220 g/mol. The monoisotopic (exact) mass is 248 g/mol. The minimum atomic E-state index is -0.211. The van der Waals surface area contributed by atoms with Gasteiger partial charge in [0.05, 0.1) is 6.61 Å². The maximum absolute atomic E-state index is 9.82. The van der Waals surface area contributed by atoms with Crippen LogP contribution < -0.4 is 0 Å². The topological polar surface area (TPSA) is 74.9 Å². The Kier molecular flexibility index (Phi) is 22.0. The zero-order chi connectivity index (χ0) is 12.8. The summed E-state index contributed by atoms with van der Waals surface area (Å²) in [5.41, 5.74) is 0. The van der Waals surface area contributed by atoms with Crippen LogP contribution in [-0.2, 0) is 14.3 Å². The van der Waals surface area contributed by atoms with E-state index in [0.717, 1.165) is 0 Å². The van der Waals surface area contributed by atoms with Gasteiger partial charge in [-0.1, -0.05) is 38.5 Å². The highest BCUT2D eigenvalue weighted by Crippen LogP contribution is 2.15. The molecule has 1 aliphatic rings. The van der Waals surface area contributed by atoms with Crippen LogP contribution in [0.15, 0.2) is 0 Å². The third kappa shape index (κ3) is 39.5. The predicted octanol–water partition coefficient (Wildman–Crippen LogP) is 2.68. The second-order valence-electron chi connectivity index (χ2n) is 3.95. The quantitative estimate of drug-likeness (QED) is 0.669. The largest absolute Gasteiger partial charge is 0.466 e. The first-order valence-corrected chi connectivity index (χ1v) is 6.11. The van der Waals surface area contributed by atoms with Crippen molar-refractivity contribution in [3.05, 3.63) is 0 Å². The molecule has 104 valence electrons. The molecule has 1 aliphatic carbocycles. The number of ether oxygens (including phenoxy) is 1. The van der Waals surface area contributed by atoms with Crippen LogP contribution in [0.4, 0.5) is 0 Å². The Morgan fingerprint density at radius 1 is 0.882 bits per heavy atom. The number of Topliss-reactive ketones (excluding diaryl/α,β-unsaturated/α-hetero) is 1. The Hall–Kier alpha value is -0.900. The van der Waals surface area contributed by atoms with Crippen LogP contribution in [0, 0.1) is 0 Å². The van der Waals surface area contributed by atoms with Gasteiger partial charge < -0.3 is 15.0 Å². The van der Waals surface area contributed by atoms with E-state index >= 15 is 0 Å². The van der Waals surface area contributed by atoms with Gasteiger partial charge in [0.1, 0.15) is 5.78 Å². The molecule has 0 atom stereocenters. The summed E-state index contributed by atoms with van der Waals surface area (Å²) in [5.74, 6) is -0.0440. The minimum Gasteiger partial charge on any atom is -0.466 e. The average molecular weight is 248 g/mol. The Labute approximate surface area is 105 Å². The lowest BCUT2D eigenvalue weighted by Crippen LogP contribution is -1.95. The fraction of sp³-hybridized carbons (Fsp3) is 0.846. The molecule has 0 bridgehead atoms. The third-order valence-corrected chi connectivity index (χ3v) is 1.85. The van der Waals surface area contributed by atoms with Gasteiger partial charge in [-0.05, 0) is 20.8 Å². The van der Waals surface area contributed by atoms with Crippen molar-refractivity contribution < 1.29 is 19.8 Å². The molecule has 0 radical (unpaired) electrons. The fourth-order valence-electron chi connectivity index (χ4n) is 1.26. The molecular formula is C13H28O4. The summed E-state index contributed by atoms with van der Waals surface area (Å²) < 4.78 is 4.40. The van der Waals surface area contributed by atoms with E-state index in [0.29, 0.717) is 6.61 Å². The SMILES string of the molecule is C1CCCCC1.CC(C)=O.CCOC(C)=O.O. The van der Waals surface area contributed by atoms with E-state index < -0.39 is 0 Å². The van der Waals surface area contributed by atoms with E-state index in [1.54, 1.807) is 6.92 Å². The van der Waals surface area contributed by atoms with E-state index in [1.807, 2.05) is 0 Å². The highest BCUT2D eigenvalue weighted by Gasteiger charge is 1.95. The predicted molar refractivity (Wildman–Crippen MR) is 70.0 cm³/mol. The Bertz CT molecular complexity index is 159. The molecule has 0 amide bonds. The standard InChI is InChI=1S/C6H12.C4H8O2.C3H6O.H2O/c1-2-4-6-5-3-1;1-3-6-4(2)5;1-3(2)4;/h1-6H2;3H2,1-2H3;1-2H3;1H2. The lowest BCUT2D eigenvalue weighted by Gasteiger charge is -2.05. The van der Waals surface area contributed by atoms with Crippen LogP contribution in [0.1, 0.15) is 66.2 Å². The van der Waals surface area contributed by atoms with E-state index in [4.69, 9.17) is 0 Å². The molecule has 0 aromatic rings. The number of ketones is 1. The number of esters is 1. The molecule has 0 unspecified atom stereocenters. The van der Waals surface area contributed by atoms with Crippen LogP contribution in [0.25, 0.3) is 0 Å². The summed E-state index contributed by atoms with van der Waals surface area (Å²) in [6.45, 7) is 6.71. The average Bonchev–Trinajstić information content (AvgIpc) is 2.20. The fourth-order valence-corrected chi connectivity index (χ4v) is 1.26. The van der Waals surface area contributed by atoms with Gasteiger partial charge in [-0.3, -0.25) is 4.79 Å². The molecule has 2 N–H and O–H groups in total. The Balaban J connectivity index is -0.000000172. The maximum atomic E-state index is 9.82. The lowest BCUT2D eigenvalue weighted by atomic mass is 10.0. The summed E-state index contributed by atoms with van der Waals surface area (Å²) in [7, 11) is 0. The van der Waals surface area contributed by atoms with Crippen molar-refractivity contribution >= 4 is 11.8 Å². The highest BCUT2D eigenvalue weighted by molar-refractivity contribution is 5.72. The minimum absolute atomic E-state index is 0. The summed E-state index contributed by atoms with van der Waals surface area (Å²) in [6, 6.07) is 0. The van der Waals surface area contributed by atoms with Crippen LogP contribution >= 0.6 is 0 Å². The van der Waals surface area contributed by atoms with Crippen LogP contribution in [0.5, 0.6) is 0 Å². The molecule has 0 aliphatic heterocycles. The van der Waals surface area contributed by atoms with Gasteiger partial charge in [-0.15, -0.1) is 0 Å². The molecule has 0 aromatic carbocycles. The van der Waals surface area contributed by atoms with Crippen LogP contribution in [0.3, 0.4) is 0 Å². The number of carbonyl (C=O) groups excluding carboxylic acids is 2. The summed E-state index contributed by atoms with van der Waals surface area (Å²) >= 11 is 0.